The van der Waals surface area contributed by atoms with Gasteiger partial charge in [-0.25, -0.2) is 4.39 Å². The summed E-state index contributed by atoms with van der Waals surface area (Å²) < 4.78 is 16.5. The number of halogens is 2. The minimum Gasteiger partial charge on any atom is -0.485 e. The number of hydrogen-bond acceptors (Lipinski definition) is 1. The Bertz CT molecular complexity index is 93.7. The van der Waals surface area contributed by atoms with Crippen molar-refractivity contribution in [1.82, 2.24) is 0 Å². The summed E-state index contributed by atoms with van der Waals surface area (Å²) in [6.45, 7) is 0. The molecule has 1 heterocycles. The molecular weight excluding hydrogens is 210 g/mol. The van der Waals surface area contributed by atoms with Gasteiger partial charge in [0.25, 0.3) is 0 Å². The molecule has 0 saturated carbocycles. The van der Waals surface area contributed by atoms with Gasteiger partial charge in [-0.15, -0.1) is 0 Å². The van der Waals surface area contributed by atoms with Gasteiger partial charge in [-0.05, 0) is 28.7 Å². The molecule has 0 fully saturated rings. The third-order valence-electron chi connectivity index (χ3n) is 0.721. The van der Waals surface area contributed by atoms with Crippen LogP contribution in [0.1, 0.15) is 0 Å². The van der Waals surface area contributed by atoms with E-state index in [4.69, 9.17) is 4.74 Å². The normalized spacial score (nSPS) is 38.6. The lowest BCUT2D eigenvalue weighted by atomic mass is 10.4. The summed E-state index contributed by atoms with van der Waals surface area (Å²) in [5.74, 6) is 0. The van der Waals surface area contributed by atoms with E-state index in [1.165, 1.54) is 12.3 Å². The second-order valence-corrected chi connectivity index (χ2v) is 2.49. The van der Waals surface area contributed by atoms with Gasteiger partial charge in [0.05, 0.1) is 6.26 Å². The molecule has 2 unspecified atom stereocenters. The maximum Gasteiger partial charge on any atom is 0.183 e. The van der Waals surface area contributed by atoms with Crippen molar-refractivity contribution in [2.24, 2.45) is 0 Å². The zero-order chi connectivity index (χ0) is 5.28. The molecule has 1 aliphatic rings. The third kappa shape index (κ3) is 1.05. The first-order valence-corrected chi connectivity index (χ1v) is 3.15. The fourth-order valence-corrected chi connectivity index (χ4v) is 0.767. The van der Waals surface area contributed by atoms with Gasteiger partial charge in [0.1, 0.15) is 0 Å². The minimum absolute atomic E-state index is 0.294. The molecule has 0 amide bonds. The molecule has 0 aliphatic carbocycles. The Morgan fingerprint density at radius 3 is 2.57 bits per heavy atom. The Kier molecular flexibility index (Phi) is 1.51. The topological polar surface area (TPSA) is 9.23 Å². The summed E-state index contributed by atoms with van der Waals surface area (Å²) in [7, 11) is 0. The molecule has 0 saturated heterocycles. The average Bonchev–Trinajstić information content (AvgIpc) is 1.91. The van der Waals surface area contributed by atoms with Crippen LogP contribution in [0.2, 0.25) is 0 Å². The van der Waals surface area contributed by atoms with Gasteiger partial charge >= 0.3 is 0 Å². The van der Waals surface area contributed by atoms with Crippen molar-refractivity contribution >= 4 is 22.6 Å². The van der Waals surface area contributed by atoms with Crippen LogP contribution in [0.5, 0.6) is 0 Å². The molecule has 1 aliphatic heterocycles. The zero-order valence-corrected chi connectivity index (χ0v) is 5.63. The molecule has 1 rings (SSSR count). The molecule has 0 bridgehead atoms. The Balaban J connectivity index is 2.45. The largest absolute Gasteiger partial charge is 0.485 e. The van der Waals surface area contributed by atoms with Crippen LogP contribution in [-0.4, -0.2) is 10.3 Å². The molecule has 1 nitrogen and oxygen atoms in total. The standard InChI is InChI=1S/C4H4FIO/c5-3-1-2-7-4(3)6/h1-4H. The van der Waals surface area contributed by atoms with Gasteiger partial charge in [0, 0.05) is 0 Å². The minimum atomic E-state index is -0.902. The second-order valence-electron chi connectivity index (χ2n) is 1.26. The summed E-state index contributed by atoms with van der Waals surface area (Å²) in [6.07, 6.45) is 1.89. The van der Waals surface area contributed by atoms with Gasteiger partial charge in [-0.3, -0.25) is 0 Å². The fraction of sp³-hybridized carbons (Fsp3) is 0.500. The second kappa shape index (κ2) is 1.98. The van der Waals surface area contributed by atoms with Crippen LogP contribution in [0, 0.1) is 0 Å². The SMILES string of the molecule is FC1C=COC1I. The Labute approximate surface area is 54.7 Å². The highest BCUT2D eigenvalue weighted by molar-refractivity contribution is 14.1. The smallest absolute Gasteiger partial charge is 0.183 e. The molecule has 40 valence electrons. The first-order valence-electron chi connectivity index (χ1n) is 1.91. The number of rotatable bonds is 0. The van der Waals surface area contributed by atoms with Gasteiger partial charge in [0.2, 0.25) is 0 Å². The predicted octanol–water partition coefficient (Wildman–Crippen LogP) is 1.63. The van der Waals surface area contributed by atoms with Crippen LogP contribution in [0.4, 0.5) is 4.39 Å². The van der Waals surface area contributed by atoms with Gasteiger partial charge in [0.15, 0.2) is 10.3 Å². The van der Waals surface area contributed by atoms with E-state index in [1.807, 2.05) is 22.6 Å². The average molecular weight is 214 g/mol. The van der Waals surface area contributed by atoms with E-state index < -0.39 is 6.17 Å². The molecule has 7 heavy (non-hydrogen) atoms. The van der Waals surface area contributed by atoms with Crippen molar-refractivity contribution in [2.45, 2.75) is 10.3 Å². The van der Waals surface area contributed by atoms with Crippen LogP contribution in [-0.2, 0) is 4.74 Å². The lowest BCUT2D eigenvalue weighted by Crippen LogP contribution is -2.06. The van der Waals surface area contributed by atoms with E-state index >= 15 is 0 Å². The molecule has 0 aromatic rings. The molecule has 0 aromatic heterocycles. The van der Waals surface area contributed by atoms with E-state index in [0.29, 0.717) is 0 Å². The van der Waals surface area contributed by atoms with Crippen LogP contribution >= 0.6 is 22.6 Å². The highest BCUT2D eigenvalue weighted by Gasteiger charge is 2.19. The molecule has 0 radical (unpaired) electrons. The van der Waals surface area contributed by atoms with Crippen molar-refractivity contribution < 1.29 is 9.13 Å². The van der Waals surface area contributed by atoms with Crippen molar-refractivity contribution in [1.29, 1.82) is 0 Å². The summed E-state index contributed by atoms with van der Waals surface area (Å²) in [4.78, 5) is 0. The number of ether oxygens (including phenoxy) is 1. The zero-order valence-electron chi connectivity index (χ0n) is 3.47. The summed E-state index contributed by atoms with van der Waals surface area (Å²) in [6, 6.07) is 0. The summed E-state index contributed by atoms with van der Waals surface area (Å²) in [5, 5.41) is 0. The maximum atomic E-state index is 12.1. The van der Waals surface area contributed by atoms with Crippen molar-refractivity contribution in [2.75, 3.05) is 0 Å². The summed E-state index contributed by atoms with van der Waals surface area (Å²) in [5.41, 5.74) is 0. The molecule has 0 aromatic carbocycles. The highest BCUT2D eigenvalue weighted by atomic mass is 127. The van der Waals surface area contributed by atoms with Gasteiger partial charge in [-0.1, -0.05) is 0 Å². The predicted molar refractivity (Wildman–Crippen MR) is 32.9 cm³/mol. The molecule has 2 atom stereocenters. The van der Waals surface area contributed by atoms with Gasteiger partial charge in [-0.2, -0.15) is 0 Å². The van der Waals surface area contributed by atoms with Crippen LogP contribution in [0.25, 0.3) is 0 Å². The molecule has 3 heteroatoms. The lowest BCUT2D eigenvalue weighted by Gasteiger charge is -2.00. The molecular formula is C4H4FIO. The van der Waals surface area contributed by atoms with E-state index in [-0.39, 0.29) is 4.11 Å². The Morgan fingerprint density at radius 1 is 1.71 bits per heavy atom. The van der Waals surface area contributed by atoms with Crippen LogP contribution < -0.4 is 0 Å². The van der Waals surface area contributed by atoms with E-state index in [2.05, 4.69) is 0 Å². The van der Waals surface area contributed by atoms with Crippen LogP contribution in [0.15, 0.2) is 12.3 Å². The van der Waals surface area contributed by atoms with E-state index in [9.17, 15) is 4.39 Å². The quantitative estimate of drug-likeness (QED) is 0.439. The van der Waals surface area contributed by atoms with E-state index in [1.54, 1.807) is 0 Å². The van der Waals surface area contributed by atoms with Crippen LogP contribution in [0.3, 0.4) is 0 Å². The lowest BCUT2D eigenvalue weighted by molar-refractivity contribution is 0.200. The van der Waals surface area contributed by atoms with Gasteiger partial charge < -0.3 is 4.74 Å². The van der Waals surface area contributed by atoms with Crippen molar-refractivity contribution in [3.8, 4) is 0 Å². The van der Waals surface area contributed by atoms with E-state index in [0.717, 1.165) is 0 Å². The fourth-order valence-electron chi connectivity index (χ4n) is 0.358. The number of hydrogen-bond donors (Lipinski definition) is 0. The number of alkyl halides is 2. The highest BCUT2D eigenvalue weighted by Crippen LogP contribution is 2.18. The Hall–Kier alpha value is 0.200. The van der Waals surface area contributed by atoms with Crippen molar-refractivity contribution in [3.05, 3.63) is 12.3 Å². The van der Waals surface area contributed by atoms with Crippen molar-refractivity contribution in [3.63, 3.8) is 0 Å². The maximum absolute atomic E-state index is 12.1. The third-order valence-corrected chi connectivity index (χ3v) is 1.70. The summed E-state index contributed by atoms with van der Waals surface area (Å²) >= 11 is 1.90. The Morgan fingerprint density at radius 2 is 2.43 bits per heavy atom. The first kappa shape index (κ1) is 5.34. The monoisotopic (exact) mass is 214 g/mol. The molecule has 0 spiro atoms. The first-order chi connectivity index (χ1) is 3.30. The molecule has 0 N–H and O–H groups in total.